The number of anilines is 1. The fourth-order valence-corrected chi connectivity index (χ4v) is 7.57. The Morgan fingerprint density at radius 3 is 2.35 bits per heavy atom. The predicted octanol–water partition coefficient (Wildman–Crippen LogP) is 7.75. The zero-order valence-corrected chi connectivity index (χ0v) is 26.4. The number of rotatable bonds is 9. The number of piperazine rings is 1. The molecule has 0 aliphatic carbocycles. The van der Waals surface area contributed by atoms with Gasteiger partial charge in [-0.2, -0.15) is 0 Å². The molecule has 43 heavy (non-hydrogen) atoms. The minimum atomic E-state index is -0.483. The summed E-state index contributed by atoms with van der Waals surface area (Å²) >= 11 is 7.77. The summed E-state index contributed by atoms with van der Waals surface area (Å²) in [7, 11) is 1.51. The fraction of sp³-hybridized carbons (Fsp3) is 0.424. The van der Waals surface area contributed by atoms with Gasteiger partial charge < -0.3 is 19.3 Å². The number of benzene rings is 2. The molecule has 1 amide bonds. The molecule has 6 nitrogen and oxygen atoms in total. The second kappa shape index (κ2) is 15.2. The summed E-state index contributed by atoms with van der Waals surface area (Å²) in [6.45, 7) is 14.6. The van der Waals surface area contributed by atoms with Crippen molar-refractivity contribution in [3.05, 3.63) is 90.0 Å². The van der Waals surface area contributed by atoms with Crippen molar-refractivity contribution in [3.8, 4) is 5.75 Å². The van der Waals surface area contributed by atoms with Crippen LogP contribution in [-0.2, 0) is 4.74 Å². The van der Waals surface area contributed by atoms with Crippen molar-refractivity contribution < 1.29 is 23.0 Å². The number of likely N-dealkylation sites (tertiary alicyclic amines) is 1. The fourth-order valence-electron chi connectivity index (χ4n) is 6.31. The quantitative estimate of drug-likeness (QED) is 0.122. The van der Waals surface area contributed by atoms with Crippen molar-refractivity contribution in [1.29, 1.82) is 0 Å². The molecule has 10 heteroatoms. The molecule has 3 fully saturated rings. The van der Waals surface area contributed by atoms with Gasteiger partial charge in [-0.1, -0.05) is 30.3 Å². The molecule has 2 atom stereocenters. The Balaban J connectivity index is 0.00000207. The van der Waals surface area contributed by atoms with Crippen LogP contribution in [0.4, 0.5) is 14.5 Å². The second-order valence-corrected chi connectivity index (χ2v) is 12.3. The van der Waals surface area contributed by atoms with Gasteiger partial charge in [0.1, 0.15) is 5.82 Å². The maximum atomic E-state index is 15.6. The van der Waals surface area contributed by atoms with E-state index in [2.05, 4.69) is 41.9 Å². The monoisotopic (exact) mass is 631 g/mol. The maximum absolute atomic E-state index is 15.6. The van der Waals surface area contributed by atoms with Crippen molar-refractivity contribution in [2.24, 2.45) is 5.92 Å². The van der Waals surface area contributed by atoms with Crippen molar-refractivity contribution in [2.45, 2.75) is 49.6 Å². The van der Waals surface area contributed by atoms with E-state index in [1.54, 1.807) is 16.8 Å². The lowest BCUT2D eigenvalue weighted by atomic mass is 9.90. The third-order valence-corrected chi connectivity index (χ3v) is 9.64. The zero-order valence-electron chi connectivity index (χ0n) is 24.9. The number of carbonyl (C=O) groups is 1. The molecule has 0 saturated carbocycles. The number of ether oxygens (including phenoxy) is 2. The molecule has 2 aromatic rings. The van der Waals surface area contributed by atoms with Crippen LogP contribution in [0.2, 0.25) is 5.02 Å². The molecular weight excluding hydrogens is 592 g/mol. The van der Waals surface area contributed by atoms with Crippen LogP contribution in [0.1, 0.15) is 43.0 Å². The van der Waals surface area contributed by atoms with E-state index in [1.165, 1.54) is 30.9 Å². The third kappa shape index (κ3) is 7.45. The summed E-state index contributed by atoms with van der Waals surface area (Å²) in [5, 5.41) is 0.0993. The molecule has 2 bridgehead atoms. The van der Waals surface area contributed by atoms with E-state index in [4.69, 9.17) is 21.1 Å². The van der Waals surface area contributed by atoms with Gasteiger partial charge in [0.25, 0.3) is 5.91 Å². The van der Waals surface area contributed by atoms with Gasteiger partial charge in [0, 0.05) is 50.3 Å². The first-order valence-corrected chi connectivity index (χ1v) is 15.7. The highest BCUT2D eigenvalue weighted by atomic mass is 35.5. The number of fused-ring (bicyclic) bond motifs is 2. The Kier molecular flexibility index (Phi) is 11.7. The smallest absolute Gasteiger partial charge is 0.255 e. The Bertz CT molecular complexity index is 1320. The number of amides is 1. The minimum Gasteiger partial charge on any atom is -0.462 e. The molecule has 0 aromatic heterocycles. The second-order valence-electron chi connectivity index (χ2n) is 10.7. The van der Waals surface area contributed by atoms with Crippen LogP contribution in [0.3, 0.4) is 0 Å². The van der Waals surface area contributed by atoms with E-state index in [1.807, 2.05) is 12.1 Å². The molecule has 5 rings (SSSR count). The summed E-state index contributed by atoms with van der Waals surface area (Å²) in [6.07, 6.45) is 7.86. The lowest BCUT2D eigenvalue weighted by molar-refractivity contribution is 0.0483. The molecule has 2 aromatic carbocycles. The van der Waals surface area contributed by atoms with Gasteiger partial charge in [0.05, 0.1) is 16.3 Å². The molecule has 0 N–H and O–H groups in total. The van der Waals surface area contributed by atoms with Crippen LogP contribution in [0, 0.1) is 17.6 Å². The van der Waals surface area contributed by atoms with Crippen LogP contribution < -0.4 is 9.64 Å². The Hall–Kier alpha value is -2.85. The first-order chi connectivity index (χ1) is 20.8. The number of hydrogen-bond acceptors (Lipinski definition) is 6. The van der Waals surface area contributed by atoms with Crippen LogP contribution in [0.15, 0.2) is 72.7 Å². The van der Waals surface area contributed by atoms with Gasteiger partial charge >= 0.3 is 0 Å². The number of piperidine rings is 1. The first kappa shape index (κ1) is 33.1. The largest absolute Gasteiger partial charge is 0.462 e. The number of methoxy groups -OCH3 is 1. The number of halogens is 3. The molecule has 232 valence electrons. The van der Waals surface area contributed by atoms with Gasteiger partial charge in [-0.25, -0.2) is 13.1 Å². The lowest BCUT2D eigenvalue weighted by Gasteiger charge is -2.43. The summed E-state index contributed by atoms with van der Waals surface area (Å²) in [5.41, 5.74) is 2.26. The van der Waals surface area contributed by atoms with Crippen molar-refractivity contribution in [2.75, 3.05) is 45.0 Å². The lowest BCUT2D eigenvalue weighted by Crippen LogP contribution is -2.55. The van der Waals surface area contributed by atoms with Gasteiger partial charge in [0.15, 0.2) is 18.4 Å². The number of nitrogens with zero attached hydrogens (tertiary/aromatic N) is 3. The summed E-state index contributed by atoms with van der Waals surface area (Å²) in [6, 6.07) is 7.34. The van der Waals surface area contributed by atoms with Crippen LogP contribution >= 0.6 is 23.5 Å². The van der Waals surface area contributed by atoms with E-state index >= 15 is 4.39 Å². The Morgan fingerprint density at radius 2 is 1.77 bits per heavy atom. The summed E-state index contributed by atoms with van der Waals surface area (Å²) in [4.78, 5) is 18.1. The third-order valence-electron chi connectivity index (χ3n) is 8.26. The maximum Gasteiger partial charge on any atom is 0.255 e. The Labute approximate surface area is 263 Å². The van der Waals surface area contributed by atoms with E-state index in [0.29, 0.717) is 24.7 Å². The highest BCUT2D eigenvalue weighted by Gasteiger charge is 2.43. The molecule has 3 aliphatic rings. The SMILES string of the molecule is C=C.C=C/C(=C\C)C1CCN(Sc2cc(F)c(OCOC)c(N3C4CCC3CN(C(=O)c3ccc(F)cc3Cl)C4)c2)CC1. The van der Waals surface area contributed by atoms with Crippen LogP contribution in [0.25, 0.3) is 0 Å². The standard InChI is InChI=1S/C31H36ClF2N3O3S.C2H4/c1-4-20(5-2)21-10-12-36(13-11-21)41-25-15-28(34)30(40-19-39-3)29(16-25)37-23-7-8-24(37)18-35(17-23)31(38)26-9-6-22(33)14-27(26)32;1-2/h4-6,9,14-16,21,23-24H,1,7-8,10-13,17-19H2,2-3H3;1-2H2/b20-5+;. The zero-order chi connectivity index (χ0) is 31.1. The average molecular weight is 632 g/mol. The van der Waals surface area contributed by atoms with E-state index < -0.39 is 11.6 Å². The number of hydrogen-bond donors (Lipinski definition) is 0. The predicted molar refractivity (Wildman–Crippen MR) is 171 cm³/mol. The minimum absolute atomic E-state index is 0.0182. The molecular formula is C33H40ClF2N3O3S. The molecule has 0 radical (unpaired) electrons. The van der Waals surface area contributed by atoms with Gasteiger partial charge in [-0.05, 0) is 86.4 Å². The topological polar surface area (TPSA) is 45.3 Å². The van der Waals surface area contributed by atoms with Crippen LogP contribution in [0.5, 0.6) is 5.75 Å². The molecule has 3 saturated heterocycles. The first-order valence-electron chi connectivity index (χ1n) is 14.5. The van der Waals surface area contributed by atoms with Crippen molar-refractivity contribution in [3.63, 3.8) is 0 Å². The highest BCUT2D eigenvalue weighted by Crippen LogP contribution is 2.44. The molecule has 3 aliphatic heterocycles. The van der Waals surface area contributed by atoms with Crippen molar-refractivity contribution >= 4 is 35.1 Å². The Morgan fingerprint density at radius 1 is 1.09 bits per heavy atom. The van der Waals surface area contributed by atoms with E-state index in [9.17, 15) is 9.18 Å². The molecule has 2 unspecified atom stereocenters. The summed E-state index contributed by atoms with van der Waals surface area (Å²) < 4.78 is 42.3. The van der Waals surface area contributed by atoms with E-state index in [-0.39, 0.29) is 41.1 Å². The number of allylic oxidation sites excluding steroid dienone is 3. The average Bonchev–Trinajstić information content (AvgIpc) is 3.27. The van der Waals surface area contributed by atoms with Gasteiger partial charge in [-0.15, -0.1) is 13.2 Å². The highest BCUT2D eigenvalue weighted by molar-refractivity contribution is 7.97. The normalized spacial score (nSPS) is 20.9. The summed E-state index contributed by atoms with van der Waals surface area (Å²) in [5.74, 6) is -0.471. The van der Waals surface area contributed by atoms with Crippen LogP contribution in [-0.4, -0.2) is 67.3 Å². The van der Waals surface area contributed by atoms with Gasteiger partial charge in [0.2, 0.25) is 0 Å². The van der Waals surface area contributed by atoms with Gasteiger partial charge in [-0.3, -0.25) is 4.79 Å². The van der Waals surface area contributed by atoms with Crippen molar-refractivity contribution in [1.82, 2.24) is 9.21 Å². The van der Waals surface area contributed by atoms with E-state index in [0.717, 1.165) is 49.7 Å². The molecule has 0 spiro atoms. The number of carbonyl (C=O) groups excluding carboxylic acids is 1. The molecule has 3 heterocycles.